The number of benzene rings is 3. The molecule has 1 unspecified atom stereocenters. The van der Waals surface area contributed by atoms with E-state index in [1.165, 1.54) is 0 Å². The van der Waals surface area contributed by atoms with Gasteiger partial charge in [-0.15, -0.1) is 0 Å². The molecule has 37 heavy (non-hydrogen) atoms. The van der Waals surface area contributed by atoms with Gasteiger partial charge in [-0.2, -0.15) is 4.31 Å². The fourth-order valence-corrected chi connectivity index (χ4v) is 5.99. The van der Waals surface area contributed by atoms with Gasteiger partial charge >= 0.3 is 0 Å². The average Bonchev–Trinajstić information content (AvgIpc) is 2.93. The fourth-order valence-electron chi connectivity index (χ4n) is 4.57. The fraction of sp³-hybridized carbons (Fsp3) is 0.286. The number of piperazine rings is 1. The Morgan fingerprint density at radius 3 is 2.38 bits per heavy atom. The highest BCUT2D eigenvalue weighted by atomic mass is 32.2. The average molecular weight is 518 g/mol. The first-order chi connectivity index (χ1) is 17.8. The number of hydrogen-bond acceptors (Lipinski definition) is 7. The minimum atomic E-state index is -3.51. The maximum atomic E-state index is 13.1. The Kier molecular flexibility index (Phi) is 7.10. The number of sulfonamides is 1. The number of nitrogens with zero attached hydrogens (tertiary/aromatic N) is 4. The van der Waals surface area contributed by atoms with Crippen molar-refractivity contribution in [3.8, 4) is 5.75 Å². The van der Waals surface area contributed by atoms with Crippen LogP contribution in [0.1, 0.15) is 24.4 Å². The molecule has 8 nitrogen and oxygen atoms in total. The van der Waals surface area contributed by atoms with Crippen molar-refractivity contribution in [3.63, 3.8) is 0 Å². The summed E-state index contributed by atoms with van der Waals surface area (Å²) >= 11 is 0. The molecule has 0 amide bonds. The van der Waals surface area contributed by atoms with Crippen LogP contribution >= 0.6 is 0 Å². The molecular formula is C28H31N5O3S. The van der Waals surface area contributed by atoms with Crippen LogP contribution in [0, 0.1) is 6.92 Å². The number of hydrogen-bond donors (Lipinski definition) is 1. The van der Waals surface area contributed by atoms with Crippen LogP contribution in [0.15, 0.2) is 77.7 Å². The smallest absolute Gasteiger partial charge is 0.243 e. The molecule has 0 saturated carbocycles. The lowest BCUT2D eigenvalue weighted by Crippen LogP contribution is -2.49. The van der Waals surface area contributed by atoms with E-state index >= 15 is 0 Å². The van der Waals surface area contributed by atoms with Crippen molar-refractivity contribution in [2.75, 3.05) is 38.6 Å². The third kappa shape index (κ3) is 5.29. The largest absolute Gasteiger partial charge is 0.497 e. The second-order valence-electron chi connectivity index (χ2n) is 9.23. The van der Waals surface area contributed by atoms with Gasteiger partial charge in [-0.3, -0.25) is 4.90 Å². The first-order valence-corrected chi connectivity index (χ1v) is 13.8. The first-order valence-electron chi connectivity index (χ1n) is 12.3. The van der Waals surface area contributed by atoms with Gasteiger partial charge in [-0.1, -0.05) is 35.9 Å². The van der Waals surface area contributed by atoms with Crippen molar-refractivity contribution < 1.29 is 13.2 Å². The summed E-state index contributed by atoms with van der Waals surface area (Å²) in [7, 11) is -1.87. The number of methoxy groups -OCH3 is 1. The van der Waals surface area contributed by atoms with E-state index in [1.807, 2.05) is 67.6 Å². The van der Waals surface area contributed by atoms with Gasteiger partial charge in [0.05, 0.1) is 23.6 Å². The minimum absolute atomic E-state index is 0.0836. The second kappa shape index (κ2) is 10.5. The molecule has 0 radical (unpaired) electrons. The van der Waals surface area contributed by atoms with Crippen molar-refractivity contribution in [2.24, 2.45) is 0 Å². The van der Waals surface area contributed by atoms with Crippen LogP contribution in [0.3, 0.4) is 0 Å². The van der Waals surface area contributed by atoms with Crippen LogP contribution in [0.5, 0.6) is 5.75 Å². The van der Waals surface area contributed by atoms with Gasteiger partial charge < -0.3 is 10.1 Å². The molecule has 1 fully saturated rings. The van der Waals surface area contributed by atoms with Crippen LogP contribution in [-0.2, 0) is 10.0 Å². The Morgan fingerprint density at radius 2 is 1.65 bits per heavy atom. The summed E-state index contributed by atoms with van der Waals surface area (Å²) in [4.78, 5) is 12.3. The van der Waals surface area contributed by atoms with E-state index in [-0.39, 0.29) is 6.04 Å². The van der Waals surface area contributed by atoms with E-state index in [4.69, 9.17) is 14.7 Å². The summed E-state index contributed by atoms with van der Waals surface area (Å²) < 4.78 is 33.2. The molecule has 2 heterocycles. The van der Waals surface area contributed by atoms with Crippen molar-refractivity contribution >= 4 is 32.4 Å². The molecule has 1 saturated heterocycles. The van der Waals surface area contributed by atoms with Gasteiger partial charge in [0.1, 0.15) is 17.4 Å². The van der Waals surface area contributed by atoms with E-state index in [0.29, 0.717) is 36.9 Å². The highest BCUT2D eigenvalue weighted by Crippen LogP contribution is 2.29. The lowest BCUT2D eigenvalue weighted by Gasteiger charge is -2.36. The molecule has 1 aromatic heterocycles. The van der Waals surface area contributed by atoms with E-state index in [0.717, 1.165) is 33.7 Å². The summed E-state index contributed by atoms with van der Waals surface area (Å²) in [5, 5.41) is 4.36. The highest BCUT2D eigenvalue weighted by Gasteiger charge is 2.31. The van der Waals surface area contributed by atoms with E-state index in [1.54, 1.807) is 23.5 Å². The molecule has 1 aliphatic heterocycles. The van der Waals surface area contributed by atoms with Crippen LogP contribution in [-0.4, -0.2) is 60.9 Å². The Balaban J connectivity index is 1.36. The number of anilines is 2. The Hall–Kier alpha value is -3.53. The van der Waals surface area contributed by atoms with Crippen LogP contribution < -0.4 is 10.1 Å². The molecule has 0 spiro atoms. The minimum Gasteiger partial charge on any atom is -0.497 e. The third-order valence-electron chi connectivity index (χ3n) is 6.81. The van der Waals surface area contributed by atoms with E-state index in [9.17, 15) is 8.42 Å². The predicted molar refractivity (Wildman–Crippen MR) is 146 cm³/mol. The Bertz CT molecular complexity index is 1500. The van der Waals surface area contributed by atoms with E-state index in [2.05, 4.69) is 17.1 Å². The van der Waals surface area contributed by atoms with Gasteiger partial charge in [-0.05, 0) is 50.2 Å². The molecule has 192 valence electrons. The van der Waals surface area contributed by atoms with Crippen molar-refractivity contribution in [1.29, 1.82) is 0 Å². The number of nitrogens with one attached hydrogen (secondary N) is 1. The Morgan fingerprint density at radius 1 is 0.919 bits per heavy atom. The normalized spacial score (nSPS) is 16.0. The molecule has 4 aromatic rings. The quantitative estimate of drug-likeness (QED) is 0.378. The summed E-state index contributed by atoms with van der Waals surface area (Å²) in [6.07, 6.45) is 0. The summed E-state index contributed by atoms with van der Waals surface area (Å²) in [6, 6.07) is 22.6. The lowest BCUT2D eigenvalue weighted by molar-refractivity contribution is 0.141. The predicted octanol–water partition coefficient (Wildman–Crippen LogP) is 4.76. The molecule has 0 aliphatic carbocycles. The van der Waals surface area contributed by atoms with Crippen LogP contribution in [0.2, 0.25) is 0 Å². The Labute approximate surface area is 218 Å². The van der Waals surface area contributed by atoms with Gasteiger partial charge in [0.2, 0.25) is 10.0 Å². The zero-order valence-electron chi connectivity index (χ0n) is 21.3. The topological polar surface area (TPSA) is 87.7 Å². The molecule has 9 heteroatoms. The van der Waals surface area contributed by atoms with Crippen LogP contribution in [0.4, 0.5) is 11.5 Å². The van der Waals surface area contributed by atoms with Gasteiger partial charge in [0.25, 0.3) is 0 Å². The molecular weight excluding hydrogens is 486 g/mol. The number of aryl methyl sites for hydroxylation is 1. The van der Waals surface area contributed by atoms with Crippen molar-refractivity contribution in [3.05, 3.63) is 84.2 Å². The number of fused-ring (bicyclic) bond motifs is 1. The molecule has 3 aromatic carbocycles. The number of rotatable bonds is 7. The highest BCUT2D eigenvalue weighted by molar-refractivity contribution is 7.89. The maximum Gasteiger partial charge on any atom is 0.243 e. The van der Waals surface area contributed by atoms with Gasteiger partial charge in [-0.25, -0.2) is 18.4 Å². The van der Waals surface area contributed by atoms with Crippen molar-refractivity contribution in [1.82, 2.24) is 19.2 Å². The second-order valence-corrected chi connectivity index (χ2v) is 11.2. The molecule has 0 bridgehead atoms. The number of para-hydroxylation sites is 1. The van der Waals surface area contributed by atoms with Crippen LogP contribution in [0.25, 0.3) is 10.9 Å². The molecule has 1 N–H and O–H groups in total. The molecule has 1 atom stereocenters. The molecule has 1 aliphatic rings. The monoisotopic (exact) mass is 517 g/mol. The summed E-state index contributed by atoms with van der Waals surface area (Å²) in [5.74, 6) is 2.18. The summed E-state index contributed by atoms with van der Waals surface area (Å²) in [6.45, 7) is 6.06. The van der Waals surface area contributed by atoms with Gasteiger partial charge in [0, 0.05) is 43.3 Å². The molecule has 5 rings (SSSR count). The third-order valence-corrected chi connectivity index (χ3v) is 8.72. The number of aromatic nitrogens is 2. The summed E-state index contributed by atoms with van der Waals surface area (Å²) in [5.41, 5.74) is 2.76. The first kappa shape index (κ1) is 25.1. The standard InChI is InChI=1S/C28H31N5O3S/c1-20-11-13-24(14-12-20)37(34,35)33-17-15-32(16-18-33)21(2)27-30-26-10-5-4-9-25(26)28(31-27)29-22-7-6-8-23(19-22)36-3/h4-14,19,21H,15-18H2,1-3H3,(H,29,30,31). The zero-order chi connectivity index (χ0) is 26.0. The number of ether oxygens (including phenoxy) is 1. The lowest BCUT2D eigenvalue weighted by atomic mass is 10.2. The van der Waals surface area contributed by atoms with E-state index < -0.39 is 10.0 Å². The SMILES string of the molecule is COc1cccc(Nc2nc(C(C)N3CCN(S(=O)(=O)c4ccc(C)cc4)CC3)nc3ccccc23)c1. The maximum absolute atomic E-state index is 13.1. The van der Waals surface area contributed by atoms with Gasteiger partial charge in [0.15, 0.2) is 0 Å². The van der Waals surface area contributed by atoms with Crippen molar-refractivity contribution in [2.45, 2.75) is 24.8 Å². The zero-order valence-corrected chi connectivity index (χ0v) is 22.1.